The second-order valence-corrected chi connectivity index (χ2v) is 1.18. The van der Waals surface area contributed by atoms with Crippen molar-refractivity contribution in [3.8, 4) is 0 Å². The van der Waals surface area contributed by atoms with Crippen LogP contribution in [0.5, 0.6) is 0 Å². The zero-order valence-corrected chi connectivity index (χ0v) is 2.89. The molecule has 0 rings (SSSR count). The molecule has 5 heavy (non-hydrogen) atoms. The Bertz CT molecular complexity index is 19.1. The summed E-state index contributed by atoms with van der Waals surface area (Å²) < 4.78 is 39.2. The molecular formula is CoF4-2. The molecule has 0 aromatic rings. The molecule has 0 aromatic carbocycles. The fourth-order valence-corrected chi connectivity index (χ4v) is 0. The van der Waals surface area contributed by atoms with Gasteiger partial charge in [-0.3, -0.25) is 0 Å². The first-order valence-corrected chi connectivity index (χ1v) is 2.08. The SMILES string of the molecule is [F][Co-2]([F])([F])[F]. The topological polar surface area (TPSA) is 0 Å². The second-order valence-electron chi connectivity index (χ2n) is 0.286. The van der Waals surface area contributed by atoms with Crippen molar-refractivity contribution in [1.82, 2.24) is 0 Å². The Balaban J connectivity index is 3.02. The number of hydrogen-bond acceptors (Lipinski definition) is 0. The van der Waals surface area contributed by atoms with Gasteiger partial charge in [0.15, 0.2) is 0 Å². The van der Waals surface area contributed by atoms with E-state index < -0.39 is 14.4 Å². The van der Waals surface area contributed by atoms with Crippen molar-refractivity contribution in [2.45, 2.75) is 0 Å². The molecule has 0 aromatic heterocycles. The predicted molar refractivity (Wildman–Crippen MR) is 4.43 cm³/mol. The van der Waals surface area contributed by atoms with E-state index in [-0.39, 0.29) is 0 Å². The molecule has 39 valence electrons. The zero-order valence-electron chi connectivity index (χ0n) is 1.85. The predicted octanol–water partition coefficient (Wildman–Crippen LogP) is 1.68. The number of hydrogen-bond donors (Lipinski definition) is 0. The van der Waals surface area contributed by atoms with Crippen molar-refractivity contribution in [2.24, 2.45) is 0 Å². The van der Waals surface area contributed by atoms with Crippen molar-refractivity contribution in [1.29, 1.82) is 0 Å². The first-order valence-electron chi connectivity index (χ1n) is 0.504. The van der Waals surface area contributed by atoms with Crippen LogP contribution in [0, 0.1) is 0 Å². The van der Waals surface area contributed by atoms with E-state index in [2.05, 4.69) is 0 Å². The van der Waals surface area contributed by atoms with Gasteiger partial charge < -0.3 is 0 Å². The molecule has 0 amide bonds. The van der Waals surface area contributed by atoms with Crippen molar-refractivity contribution >= 4 is 0 Å². The molecule has 0 spiro atoms. The summed E-state index contributed by atoms with van der Waals surface area (Å²) in [6, 6.07) is 0. The van der Waals surface area contributed by atoms with Crippen molar-refractivity contribution in [3.05, 3.63) is 0 Å². The normalized spacial score (nSPS) is 15.2. The molecule has 5 heteroatoms. The monoisotopic (exact) mass is 135 g/mol. The quantitative estimate of drug-likeness (QED) is 0.443. The summed E-state index contributed by atoms with van der Waals surface area (Å²) in [7, 11) is 0. The molecule has 0 fully saturated rings. The molecule has 0 nitrogen and oxygen atoms in total. The van der Waals surface area contributed by atoms with Crippen LogP contribution in [0.1, 0.15) is 0 Å². The first kappa shape index (κ1) is 5.23. The minimum absolute atomic E-state index is 6.38. The third-order valence-electron chi connectivity index (χ3n) is 0. The average Bonchev–Trinajstić information content (AvgIpc) is 0.722. The third-order valence-corrected chi connectivity index (χ3v) is 0. The van der Waals surface area contributed by atoms with E-state index in [0.29, 0.717) is 0 Å². The van der Waals surface area contributed by atoms with E-state index >= 15 is 0 Å². The fraction of sp³-hybridized carbons (Fsp3) is 0. The molecule has 0 heterocycles. The molecule has 0 unspecified atom stereocenters. The molecule has 0 saturated heterocycles. The van der Waals surface area contributed by atoms with Gasteiger partial charge in [-0.25, -0.2) is 0 Å². The molecule has 0 aliphatic rings. The van der Waals surface area contributed by atoms with Gasteiger partial charge in [0.1, 0.15) is 0 Å². The molecule has 0 aliphatic carbocycles. The van der Waals surface area contributed by atoms with Crippen molar-refractivity contribution < 1.29 is 28.7 Å². The maximum absolute atomic E-state index is 9.80. The number of rotatable bonds is 0. The van der Waals surface area contributed by atoms with E-state index in [1.165, 1.54) is 0 Å². The van der Waals surface area contributed by atoms with Crippen molar-refractivity contribution in [2.75, 3.05) is 0 Å². The van der Waals surface area contributed by atoms with Crippen molar-refractivity contribution in [3.63, 3.8) is 0 Å². The van der Waals surface area contributed by atoms with Crippen LogP contribution in [0.15, 0.2) is 0 Å². The van der Waals surface area contributed by atoms with Crippen LogP contribution in [0.3, 0.4) is 0 Å². The summed E-state index contributed by atoms with van der Waals surface area (Å²) in [6.45, 7) is 0. The Labute approximate surface area is 29.7 Å². The summed E-state index contributed by atoms with van der Waals surface area (Å²) in [6.07, 6.45) is 0. The Hall–Kier alpha value is 0.226. The van der Waals surface area contributed by atoms with Crippen LogP contribution in [-0.4, -0.2) is 0 Å². The standard InChI is InChI=1S/Co.4FH/h;4*1H/q+2;;;;/p-4. The van der Waals surface area contributed by atoms with Gasteiger partial charge in [0.25, 0.3) is 0 Å². The number of halogens is 4. The van der Waals surface area contributed by atoms with Gasteiger partial charge in [-0.15, -0.1) is 0 Å². The summed E-state index contributed by atoms with van der Waals surface area (Å²) in [4.78, 5) is 0. The molecular weight excluding hydrogens is 135 g/mol. The molecule has 0 atom stereocenters. The van der Waals surface area contributed by atoms with E-state index in [0.717, 1.165) is 0 Å². The molecule has 0 saturated carbocycles. The van der Waals surface area contributed by atoms with Crippen LogP contribution < -0.4 is 0 Å². The second kappa shape index (κ2) is 1.13. The van der Waals surface area contributed by atoms with Gasteiger partial charge in [-0.05, 0) is 0 Å². The van der Waals surface area contributed by atoms with E-state index in [1.54, 1.807) is 0 Å². The minimum atomic E-state index is -6.38. The molecule has 0 N–H and O–H groups in total. The van der Waals surface area contributed by atoms with Crippen LogP contribution >= 0.6 is 0 Å². The van der Waals surface area contributed by atoms with E-state index in [4.69, 9.17) is 0 Å². The average molecular weight is 135 g/mol. The third kappa shape index (κ3) is 408. The Kier molecular flexibility index (Phi) is 1.19. The Morgan fingerprint density at radius 1 is 0.800 bits per heavy atom. The zero-order chi connectivity index (χ0) is 4.50. The fourth-order valence-electron chi connectivity index (χ4n) is 0. The summed E-state index contributed by atoms with van der Waals surface area (Å²) in [5.74, 6) is 0. The van der Waals surface area contributed by atoms with Crippen LogP contribution in [-0.2, 0) is 14.4 Å². The van der Waals surface area contributed by atoms with E-state index in [1.807, 2.05) is 0 Å². The Morgan fingerprint density at radius 3 is 0.800 bits per heavy atom. The maximum atomic E-state index is 9.80. The van der Waals surface area contributed by atoms with Gasteiger partial charge in [0.05, 0.1) is 0 Å². The first-order chi connectivity index (χ1) is 2.00. The summed E-state index contributed by atoms with van der Waals surface area (Å²) >= 11 is -6.38. The molecule has 0 radical (unpaired) electrons. The van der Waals surface area contributed by atoms with Crippen LogP contribution in [0.25, 0.3) is 0 Å². The van der Waals surface area contributed by atoms with E-state index in [9.17, 15) is 14.3 Å². The molecule has 0 bridgehead atoms. The van der Waals surface area contributed by atoms with Gasteiger partial charge in [-0.1, -0.05) is 0 Å². The Morgan fingerprint density at radius 2 is 0.800 bits per heavy atom. The summed E-state index contributed by atoms with van der Waals surface area (Å²) in [5.41, 5.74) is 0. The van der Waals surface area contributed by atoms with Gasteiger partial charge in [0.2, 0.25) is 0 Å². The van der Waals surface area contributed by atoms with Gasteiger partial charge >= 0.3 is 28.7 Å². The van der Waals surface area contributed by atoms with Crippen LogP contribution in [0.2, 0.25) is 0 Å². The van der Waals surface area contributed by atoms with Crippen LogP contribution in [0.4, 0.5) is 14.3 Å². The summed E-state index contributed by atoms with van der Waals surface area (Å²) in [5, 5.41) is 0. The van der Waals surface area contributed by atoms with Gasteiger partial charge in [0, 0.05) is 0 Å². The van der Waals surface area contributed by atoms with Gasteiger partial charge in [-0.2, -0.15) is 0 Å². The molecule has 0 aliphatic heterocycles.